The number of nitrogens with one attached hydrogen (secondary N) is 2. The van der Waals surface area contributed by atoms with Gasteiger partial charge in [0.2, 0.25) is 5.91 Å². The van der Waals surface area contributed by atoms with Gasteiger partial charge in [-0.25, -0.2) is 0 Å². The number of carbonyl (C=O) groups excluding carboxylic acids is 1. The zero-order chi connectivity index (χ0) is 13.7. The maximum atomic E-state index is 12.6. The van der Waals surface area contributed by atoms with Gasteiger partial charge in [-0.15, -0.1) is 0 Å². The average molecular weight is 264 g/mol. The minimum atomic E-state index is -0.200. The van der Waals surface area contributed by atoms with E-state index in [1.807, 2.05) is 17.8 Å². The summed E-state index contributed by atoms with van der Waals surface area (Å²) in [6, 6.07) is 0. The fraction of sp³-hybridized carbons (Fsp3) is 0.714. The Morgan fingerprint density at radius 2 is 2.21 bits per heavy atom. The number of anilines is 1. The number of hydrogen-bond donors (Lipinski definition) is 2. The Balaban J connectivity index is 2.06. The molecule has 106 valence electrons. The number of aryl methyl sites for hydroxylation is 1. The molecule has 0 spiro atoms. The van der Waals surface area contributed by atoms with Crippen LogP contribution in [0.25, 0.3) is 0 Å². The highest BCUT2D eigenvalue weighted by molar-refractivity contribution is 5.95. The second-order valence-electron chi connectivity index (χ2n) is 5.32. The van der Waals surface area contributed by atoms with Crippen LogP contribution < -0.4 is 10.6 Å². The Bertz CT molecular complexity index is 415. The van der Waals surface area contributed by atoms with Gasteiger partial charge in [0.25, 0.3) is 0 Å². The molecule has 0 unspecified atom stereocenters. The molecule has 5 nitrogen and oxygen atoms in total. The maximum Gasteiger partial charge on any atom is 0.230 e. The van der Waals surface area contributed by atoms with E-state index in [9.17, 15) is 4.79 Å². The van der Waals surface area contributed by atoms with Crippen molar-refractivity contribution in [1.82, 2.24) is 15.1 Å². The highest BCUT2D eigenvalue weighted by Gasteiger charge is 2.38. The smallest absolute Gasteiger partial charge is 0.230 e. The van der Waals surface area contributed by atoms with E-state index in [1.54, 1.807) is 6.20 Å². The third-order valence-electron chi connectivity index (χ3n) is 3.99. The summed E-state index contributed by atoms with van der Waals surface area (Å²) >= 11 is 0. The van der Waals surface area contributed by atoms with E-state index >= 15 is 0 Å². The lowest BCUT2D eigenvalue weighted by molar-refractivity contribution is -0.127. The molecule has 2 N–H and O–H groups in total. The molecule has 0 bridgehead atoms. The predicted molar refractivity (Wildman–Crippen MR) is 76.0 cm³/mol. The van der Waals surface area contributed by atoms with Gasteiger partial charge in [-0.1, -0.05) is 13.3 Å². The Hall–Kier alpha value is -1.36. The van der Waals surface area contributed by atoms with Gasteiger partial charge in [0, 0.05) is 12.7 Å². The predicted octanol–water partition coefficient (Wildman–Crippen LogP) is 2.01. The molecule has 2 rings (SSSR count). The Kier molecular flexibility index (Phi) is 4.58. The second-order valence-corrected chi connectivity index (χ2v) is 5.32. The molecule has 1 amide bonds. The van der Waals surface area contributed by atoms with Crippen molar-refractivity contribution in [1.29, 1.82) is 0 Å². The minimum Gasteiger partial charge on any atom is -0.323 e. The van der Waals surface area contributed by atoms with Crippen LogP contribution in [-0.2, 0) is 11.3 Å². The van der Waals surface area contributed by atoms with Gasteiger partial charge in [-0.3, -0.25) is 9.48 Å². The first-order chi connectivity index (χ1) is 9.20. The summed E-state index contributed by atoms with van der Waals surface area (Å²) in [5.41, 5.74) is 0.606. The van der Waals surface area contributed by atoms with Crippen molar-refractivity contribution >= 4 is 11.6 Å². The first-order valence-corrected chi connectivity index (χ1v) is 7.25. The van der Waals surface area contributed by atoms with Crippen LogP contribution in [0.15, 0.2) is 12.4 Å². The first kappa shape index (κ1) is 14.1. The largest absolute Gasteiger partial charge is 0.323 e. The van der Waals surface area contributed by atoms with Crippen molar-refractivity contribution in [2.45, 2.75) is 46.1 Å². The monoisotopic (exact) mass is 264 g/mol. The van der Waals surface area contributed by atoms with Crippen LogP contribution in [0.2, 0.25) is 0 Å². The van der Waals surface area contributed by atoms with Gasteiger partial charge in [0.1, 0.15) is 0 Å². The number of aromatic nitrogens is 2. The Labute approximate surface area is 114 Å². The maximum absolute atomic E-state index is 12.6. The van der Waals surface area contributed by atoms with Gasteiger partial charge in [0.05, 0.1) is 17.3 Å². The molecule has 1 fully saturated rings. The van der Waals surface area contributed by atoms with Crippen LogP contribution in [0.4, 0.5) is 5.69 Å². The number of piperidine rings is 1. The van der Waals surface area contributed by atoms with Crippen molar-refractivity contribution in [3.05, 3.63) is 12.4 Å². The van der Waals surface area contributed by atoms with Gasteiger partial charge in [-0.2, -0.15) is 5.10 Å². The fourth-order valence-electron chi connectivity index (χ4n) is 2.84. The summed E-state index contributed by atoms with van der Waals surface area (Å²) < 4.78 is 1.82. The molecule has 0 aliphatic carbocycles. The van der Waals surface area contributed by atoms with Crippen molar-refractivity contribution in [3.63, 3.8) is 0 Å². The Morgan fingerprint density at radius 3 is 2.79 bits per heavy atom. The summed E-state index contributed by atoms with van der Waals surface area (Å²) in [6.07, 6.45) is 7.47. The highest BCUT2D eigenvalue weighted by atomic mass is 16.2. The molecular weight excluding hydrogens is 240 g/mol. The molecule has 2 heterocycles. The van der Waals surface area contributed by atoms with Crippen LogP contribution in [-0.4, -0.2) is 28.8 Å². The average Bonchev–Trinajstić information content (AvgIpc) is 2.88. The van der Waals surface area contributed by atoms with Gasteiger partial charge in [0.15, 0.2) is 0 Å². The van der Waals surface area contributed by atoms with E-state index in [2.05, 4.69) is 22.7 Å². The van der Waals surface area contributed by atoms with Crippen LogP contribution in [0.1, 0.15) is 39.5 Å². The van der Waals surface area contributed by atoms with Crippen molar-refractivity contribution < 1.29 is 4.79 Å². The number of nitrogens with zero attached hydrogens (tertiary/aromatic N) is 2. The molecular formula is C14H24N4O. The van der Waals surface area contributed by atoms with Gasteiger partial charge < -0.3 is 10.6 Å². The Morgan fingerprint density at radius 1 is 1.47 bits per heavy atom. The van der Waals surface area contributed by atoms with Crippen molar-refractivity contribution in [2.24, 2.45) is 5.41 Å². The van der Waals surface area contributed by atoms with E-state index in [0.29, 0.717) is 0 Å². The third-order valence-corrected chi connectivity index (χ3v) is 3.99. The summed E-state index contributed by atoms with van der Waals surface area (Å²) in [5.74, 6) is 0.159. The topological polar surface area (TPSA) is 59.0 Å². The van der Waals surface area contributed by atoms with E-state index in [4.69, 9.17) is 0 Å². The normalized spacial score (nSPS) is 18.2. The van der Waals surface area contributed by atoms with Gasteiger partial charge >= 0.3 is 0 Å². The van der Waals surface area contributed by atoms with Crippen LogP contribution in [0.3, 0.4) is 0 Å². The summed E-state index contributed by atoms with van der Waals surface area (Å²) in [6.45, 7) is 6.86. The molecule has 0 saturated carbocycles. The van der Waals surface area contributed by atoms with E-state index in [1.165, 1.54) is 0 Å². The summed E-state index contributed by atoms with van der Waals surface area (Å²) in [7, 11) is 0. The van der Waals surface area contributed by atoms with E-state index in [-0.39, 0.29) is 11.3 Å². The zero-order valence-electron chi connectivity index (χ0n) is 11.9. The molecule has 19 heavy (non-hydrogen) atoms. The second kappa shape index (κ2) is 6.19. The molecule has 0 atom stereocenters. The number of hydrogen-bond acceptors (Lipinski definition) is 3. The van der Waals surface area contributed by atoms with Gasteiger partial charge in [-0.05, 0) is 39.3 Å². The van der Waals surface area contributed by atoms with Crippen LogP contribution in [0, 0.1) is 5.41 Å². The van der Waals surface area contributed by atoms with E-state index < -0.39 is 0 Å². The molecule has 0 radical (unpaired) electrons. The summed E-state index contributed by atoms with van der Waals surface area (Å²) in [5, 5.41) is 10.6. The highest BCUT2D eigenvalue weighted by Crippen LogP contribution is 2.35. The lowest BCUT2D eigenvalue weighted by Crippen LogP contribution is -2.44. The molecule has 1 aliphatic heterocycles. The lowest BCUT2D eigenvalue weighted by atomic mass is 9.74. The lowest BCUT2D eigenvalue weighted by Gasteiger charge is -2.35. The van der Waals surface area contributed by atoms with Crippen molar-refractivity contribution in [3.8, 4) is 0 Å². The SMILES string of the molecule is CCCC1(C(=O)Nc2cnn(CC)c2)CCNCC1. The number of rotatable bonds is 5. The number of carbonyl (C=O) groups is 1. The summed E-state index contributed by atoms with van der Waals surface area (Å²) in [4.78, 5) is 12.6. The standard InChI is InChI=1S/C14H24N4O/c1-3-5-14(6-8-15-9-7-14)13(19)17-12-10-16-18(4-2)11-12/h10-11,15H,3-9H2,1-2H3,(H,17,19). The minimum absolute atomic E-state index is 0.159. The molecule has 1 aromatic heterocycles. The van der Waals surface area contributed by atoms with E-state index in [0.717, 1.165) is 51.0 Å². The fourth-order valence-corrected chi connectivity index (χ4v) is 2.84. The zero-order valence-corrected chi connectivity index (χ0v) is 11.9. The molecule has 1 aromatic rings. The third kappa shape index (κ3) is 3.15. The first-order valence-electron chi connectivity index (χ1n) is 7.25. The van der Waals surface area contributed by atoms with Crippen molar-refractivity contribution in [2.75, 3.05) is 18.4 Å². The molecule has 5 heteroatoms. The van der Waals surface area contributed by atoms with Crippen LogP contribution >= 0.6 is 0 Å². The number of amides is 1. The molecule has 1 saturated heterocycles. The van der Waals surface area contributed by atoms with Crippen LogP contribution in [0.5, 0.6) is 0 Å². The molecule has 1 aliphatic rings. The molecule has 0 aromatic carbocycles. The quantitative estimate of drug-likeness (QED) is 0.855.